The molecule has 3 rings (SSSR count). The number of hydrogen-bond donors (Lipinski definition) is 0. The number of piperidine rings is 1. The first-order valence-electron chi connectivity index (χ1n) is 6.96. The second kappa shape index (κ2) is 5.48. The van der Waals surface area contributed by atoms with Crippen LogP contribution < -0.4 is 0 Å². The molecule has 6 heteroatoms. The Morgan fingerprint density at radius 2 is 2.40 bits per heavy atom. The maximum Gasteiger partial charge on any atom is 0.290 e. The van der Waals surface area contributed by atoms with Gasteiger partial charge < -0.3 is 13.8 Å². The van der Waals surface area contributed by atoms with Gasteiger partial charge in [0.25, 0.3) is 5.91 Å². The van der Waals surface area contributed by atoms with Crippen LogP contribution in [0.4, 0.5) is 0 Å². The van der Waals surface area contributed by atoms with Crippen molar-refractivity contribution in [3.8, 4) is 0 Å². The molecule has 0 N–H and O–H groups in total. The third kappa shape index (κ3) is 2.33. The van der Waals surface area contributed by atoms with Crippen LogP contribution in [-0.2, 0) is 6.42 Å². The number of rotatable bonds is 3. The SMILES string of the molecule is CCc1noc([C@@H]2CCCCN2C(=O)c2ccco2)n1. The molecule has 1 aliphatic rings. The van der Waals surface area contributed by atoms with Gasteiger partial charge in [0.1, 0.15) is 6.04 Å². The summed E-state index contributed by atoms with van der Waals surface area (Å²) in [4.78, 5) is 18.6. The lowest BCUT2D eigenvalue weighted by Gasteiger charge is -2.32. The zero-order valence-corrected chi connectivity index (χ0v) is 11.4. The average Bonchev–Trinajstić information content (AvgIpc) is 3.17. The van der Waals surface area contributed by atoms with Crippen LogP contribution in [0, 0.1) is 0 Å². The predicted molar refractivity (Wildman–Crippen MR) is 70.0 cm³/mol. The molecule has 106 valence electrons. The molecule has 0 radical (unpaired) electrons. The Bertz CT molecular complexity index is 576. The number of hydrogen-bond acceptors (Lipinski definition) is 5. The molecule has 1 saturated heterocycles. The van der Waals surface area contributed by atoms with Crippen molar-refractivity contribution in [3.63, 3.8) is 0 Å². The van der Waals surface area contributed by atoms with E-state index in [9.17, 15) is 4.79 Å². The van der Waals surface area contributed by atoms with Crippen LogP contribution >= 0.6 is 0 Å². The minimum atomic E-state index is -0.144. The van der Waals surface area contributed by atoms with E-state index in [0.717, 1.165) is 25.7 Å². The summed E-state index contributed by atoms with van der Waals surface area (Å²) in [6.45, 7) is 2.66. The summed E-state index contributed by atoms with van der Waals surface area (Å²) in [7, 11) is 0. The molecule has 3 heterocycles. The van der Waals surface area contributed by atoms with Crippen LogP contribution in [0.2, 0.25) is 0 Å². The maximum absolute atomic E-state index is 12.5. The summed E-state index contributed by atoms with van der Waals surface area (Å²) >= 11 is 0. The Morgan fingerprint density at radius 3 is 3.10 bits per heavy atom. The van der Waals surface area contributed by atoms with E-state index in [1.54, 1.807) is 17.0 Å². The van der Waals surface area contributed by atoms with Crippen molar-refractivity contribution in [1.29, 1.82) is 0 Å². The van der Waals surface area contributed by atoms with Gasteiger partial charge in [0.05, 0.1) is 6.26 Å². The van der Waals surface area contributed by atoms with Crippen molar-refractivity contribution in [2.24, 2.45) is 0 Å². The van der Waals surface area contributed by atoms with E-state index in [1.807, 2.05) is 6.92 Å². The van der Waals surface area contributed by atoms with Crippen molar-refractivity contribution in [2.45, 2.75) is 38.6 Å². The summed E-state index contributed by atoms with van der Waals surface area (Å²) in [6, 6.07) is 3.25. The van der Waals surface area contributed by atoms with Gasteiger partial charge >= 0.3 is 0 Å². The minimum Gasteiger partial charge on any atom is -0.459 e. The molecule has 0 saturated carbocycles. The van der Waals surface area contributed by atoms with Gasteiger partial charge in [-0.05, 0) is 31.4 Å². The number of aromatic nitrogens is 2. The van der Waals surface area contributed by atoms with Crippen LogP contribution in [-0.4, -0.2) is 27.5 Å². The Kier molecular flexibility index (Phi) is 3.54. The van der Waals surface area contributed by atoms with Gasteiger partial charge in [-0.25, -0.2) is 0 Å². The van der Waals surface area contributed by atoms with Gasteiger partial charge in [0, 0.05) is 13.0 Å². The topological polar surface area (TPSA) is 72.4 Å². The van der Waals surface area contributed by atoms with Crippen LogP contribution in [0.15, 0.2) is 27.3 Å². The molecular formula is C14H17N3O3. The van der Waals surface area contributed by atoms with E-state index in [-0.39, 0.29) is 11.9 Å². The van der Waals surface area contributed by atoms with Crippen LogP contribution in [0.25, 0.3) is 0 Å². The molecule has 20 heavy (non-hydrogen) atoms. The highest BCUT2D eigenvalue weighted by atomic mass is 16.5. The van der Waals surface area contributed by atoms with Crippen molar-refractivity contribution < 1.29 is 13.7 Å². The lowest BCUT2D eigenvalue weighted by Crippen LogP contribution is -2.38. The van der Waals surface area contributed by atoms with Gasteiger partial charge in [0.15, 0.2) is 11.6 Å². The minimum absolute atomic E-state index is 0.115. The van der Waals surface area contributed by atoms with Gasteiger partial charge in [-0.3, -0.25) is 4.79 Å². The third-order valence-corrected chi connectivity index (χ3v) is 3.58. The molecule has 1 aliphatic heterocycles. The van der Waals surface area contributed by atoms with Gasteiger partial charge in [-0.2, -0.15) is 4.98 Å². The average molecular weight is 275 g/mol. The Hall–Kier alpha value is -2.11. The van der Waals surface area contributed by atoms with E-state index in [4.69, 9.17) is 8.94 Å². The predicted octanol–water partition coefficient (Wildman–Crippen LogP) is 2.59. The van der Waals surface area contributed by atoms with Crippen molar-refractivity contribution in [1.82, 2.24) is 15.0 Å². The Labute approximate surface area is 116 Å². The molecule has 0 aliphatic carbocycles. The standard InChI is InChI=1S/C14H17N3O3/c1-2-12-15-13(20-16-12)10-6-3-4-8-17(10)14(18)11-7-5-9-19-11/h5,7,9-10H,2-4,6,8H2,1H3/t10-/m0/s1. The van der Waals surface area contributed by atoms with Gasteiger partial charge in [-0.15, -0.1) is 0 Å². The molecule has 1 fully saturated rings. The molecule has 0 unspecified atom stereocenters. The fourth-order valence-electron chi connectivity index (χ4n) is 2.52. The van der Waals surface area contributed by atoms with Crippen LogP contribution in [0.5, 0.6) is 0 Å². The lowest BCUT2D eigenvalue weighted by molar-refractivity contribution is 0.0529. The normalized spacial score (nSPS) is 19.2. The van der Waals surface area contributed by atoms with E-state index in [0.29, 0.717) is 24.0 Å². The van der Waals surface area contributed by atoms with Crippen molar-refractivity contribution in [2.75, 3.05) is 6.54 Å². The highest BCUT2D eigenvalue weighted by molar-refractivity contribution is 5.91. The zero-order chi connectivity index (χ0) is 13.9. The highest BCUT2D eigenvalue weighted by Crippen LogP contribution is 2.31. The van der Waals surface area contributed by atoms with E-state index < -0.39 is 0 Å². The largest absolute Gasteiger partial charge is 0.459 e. The summed E-state index contributed by atoms with van der Waals surface area (Å²) in [5, 5.41) is 3.92. The van der Waals surface area contributed by atoms with Gasteiger partial charge in [0.2, 0.25) is 5.89 Å². The monoisotopic (exact) mass is 275 g/mol. The summed E-state index contributed by atoms with van der Waals surface area (Å²) in [5.74, 6) is 1.44. The molecule has 0 aromatic carbocycles. The van der Waals surface area contributed by atoms with E-state index in [1.165, 1.54) is 6.26 Å². The smallest absolute Gasteiger partial charge is 0.290 e. The van der Waals surface area contributed by atoms with Crippen LogP contribution in [0.1, 0.15) is 54.5 Å². The quantitative estimate of drug-likeness (QED) is 0.860. The molecule has 2 aromatic rings. The second-order valence-electron chi connectivity index (χ2n) is 4.89. The number of carbonyl (C=O) groups excluding carboxylic acids is 1. The first-order chi connectivity index (χ1) is 9.79. The third-order valence-electron chi connectivity index (χ3n) is 3.58. The summed E-state index contributed by atoms with van der Waals surface area (Å²) in [6.07, 6.45) is 5.11. The maximum atomic E-state index is 12.5. The van der Waals surface area contributed by atoms with Crippen molar-refractivity contribution >= 4 is 5.91 Å². The molecule has 6 nitrogen and oxygen atoms in total. The fraction of sp³-hybridized carbons (Fsp3) is 0.500. The van der Waals surface area contributed by atoms with Gasteiger partial charge in [-0.1, -0.05) is 12.1 Å². The Balaban J connectivity index is 1.85. The first kappa shape index (κ1) is 12.9. The number of aryl methyl sites for hydroxylation is 1. The molecule has 0 bridgehead atoms. The number of furan rings is 1. The molecule has 0 spiro atoms. The molecule has 1 atom stereocenters. The zero-order valence-electron chi connectivity index (χ0n) is 11.4. The number of amides is 1. The Morgan fingerprint density at radius 1 is 1.50 bits per heavy atom. The summed E-state index contributed by atoms with van der Waals surface area (Å²) in [5.41, 5.74) is 0. The highest BCUT2D eigenvalue weighted by Gasteiger charge is 2.33. The van der Waals surface area contributed by atoms with E-state index in [2.05, 4.69) is 10.1 Å². The van der Waals surface area contributed by atoms with Crippen molar-refractivity contribution in [3.05, 3.63) is 35.9 Å². The summed E-state index contributed by atoms with van der Waals surface area (Å²) < 4.78 is 10.5. The molecular weight excluding hydrogens is 258 g/mol. The molecule has 2 aromatic heterocycles. The number of carbonyl (C=O) groups is 1. The molecule has 1 amide bonds. The number of nitrogens with zero attached hydrogens (tertiary/aromatic N) is 3. The number of likely N-dealkylation sites (tertiary alicyclic amines) is 1. The second-order valence-corrected chi connectivity index (χ2v) is 4.89. The lowest BCUT2D eigenvalue weighted by atomic mass is 10.0. The van der Waals surface area contributed by atoms with Crippen LogP contribution in [0.3, 0.4) is 0 Å². The fourth-order valence-corrected chi connectivity index (χ4v) is 2.52. The van der Waals surface area contributed by atoms with E-state index >= 15 is 0 Å². The first-order valence-corrected chi connectivity index (χ1v) is 6.96.